The van der Waals surface area contributed by atoms with Crippen molar-refractivity contribution >= 4 is 53.2 Å². The van der Waals surface area contributed by atoms with Crippen LogP contribution in [0.25, 0.3) is 0 Å². The molecule has 0 bridgehead atoms. The molecule has 0 saturated carbocycles. The summed E-state index contributed by atoms with van der Waals surface area (Å²) in [6, 6.07) is -4.62. The van der Waals surface area contributed by atoms with E-state index in [1.807, 2.05) is 20.1 Å². The van der Waals surface area contributed by atoms with Crippen molar-refractivity contribution in [2.24, 2.45) is 33.8 Å². The van der Waals surface area contributed by atoms with E-state index in [0.717, 1.165) is 0 Å². The number of carbonyl (C=O) groups excluding carboxylic acids is 5. The summed E-state index contributed by atoms with van der Waals surface area (Å²) in [6.07, 6.45) is 3.93. The summed E-state index contributed by atoms with van der Waals surface area (Å²) in [5.74, 6) is -3.83. The first-order valence-electron chi connectivity index (χ1n) is 15.5. The van der Waals surface area contributed by atoms with Crippen molar-refractivity contribution in [2.45, 2.75) is 96.1 Å². The van der Waals surface area contributed by atoms with Crippen molar-refractivity contribution in [1.29, 1.82) is 0 Å². The molecular weight excluding hydrogens is 648 g/mol. The Kier molecular flexibility index (Phi) is 18.5. The number of rotatable bonds is 23. The molecule has 1 aromatic rings. The average Bonchev–Trinajstić information content (AvgIpc) is 3.46. The lowest BCUT2D eigenvalue weighted by Gasteiger charge is -2.23. The largest absolute Gasteiger partial charge is 0.481 e. The molecule has 0 unspecified atom stereocenters. The zero-order valence-electron chi connectivity index (χ0n) is 27.8. The first kappa shape index (κ1) is 41.6. The van der Waals surface area contributed by atoms with Gasteiger partial charge in [-0.3, -0.25) is 33.8 Å². The van der Waals surface area contributed by atoms with Gasteiger partial charge in [-0.2, -0.15) is 11.8 Å². The number of hydrogen-bond donors (Lipinski definition) is 9. The molecule has 0 aliphatic carbocycles. The molecule has 0 aliphatic heterocycles. The van der Waals surface area contributed by atoms with Gasteiger partial charge in [-0.05, 0) is 57.0 Å². The topological polar surface area (TPSA) is 318 Å². The zero-order chi connectivity index (χ0) is 36.4. The second-order valence-electron chi connectivity index (χ2n) is 11.7. The van der Waals surface area contributed by atoms with Crippen molar-refractivity contribution < 1.29 is 33.9 Å². The van der Waals surface area contributed by atoms with Gasteiger partial charge in [-0.1, -0.05) is 19.1 Å². The number of nitrogens with one attached hydrogen (secondary N) is 4. The number of primary amides is 1. The van der Waals surface area contributed by atoms with Gasteiger partial charge in [0.25, 0.3) is 5.91 Å². The number of aliphatic imine (C=N–C) groups is 1. The number of amides is 5. The van der Waals surface area contributed by atoms with Crippen LogP contribution in [0.5, 0.6) is 0 Å². The van der Waals surface area contributed by atoms with Gasteiger partial charge in [-0.15, -0.1) is 5.10 Å². The molecule has 1 heterocycles. The van der Waals surface area contributed by atoms with Crippen LogP contribution < -0.4 is 44.2 Å². The fourth-order valence-corrected chi connectivity index (χ4v) is 4.84. The van der Waals surface area contributed by atoms with Crippen LogP contribution in [0.1, 0.15) is 69.8 Å². The number of thioether (sulfide) groups is 1. The number of aliphatic carboxylic acids is 1. The van der Waals surface area contributed by atoms with E-state index in [-0.39, 0.29) is 49.9 Å². The van der Waals surface area contributed by atoms with Crippen LogP contribution in [-0.2, 0) is 30.5 Å². The zero-order valence-corrected chi connectivity index (χ0v) is 28.6. The molecule has 20 heteroatoms. The molecule has 1 aromatic heterocycles. The number of aromatic nitrogens is 3. The third-order valence-electron chi connectivity index (χ3n) is 6.82. The molecule has 0 aliphatic rings. The Hall–Kier alpha value is -4.46. The van der Waals surface area contributed by atoms with Gasteiger partial charge in [0.15, 0.2) is 11.7 Å². The molecule has 1 rings (SSSR count). The number of guanidine groups is 1. The van der Waals surface area contributed by atoms with Crippen molar-refractivity contribution in [3.8, 4) is 0 Å². The highest BCUT2D eigenvalue weighted by Crippen LogP contribution is 2.09. The second-order valence-corrected chi connectivity index (χ2v) is 12.6. The summed E-state index contributed by atoms with van der Waals surface area (Å²) in [5.41, 5.74) is 21.7. The summed E-state index contributed by atoms with van der Waals surface area (Å²) < 4.78 is 1.34. The van der Waals surface area contributed by atoms with E-state index < -0.39 is 65.7 Å². The van der Waals surface area contributed by atoms with E-state index in [0.29, 0.717) is 25.0 Å². The van der Waals surface area contributed by atoms with Gasteiger partial charge < -0.3 is 49.3 Å². The number of carboxylic acids is 1. The smallest absolute Gasteiger partial charge is 0.303 e. The van der Waals surface area contributed by atoms with Gasteiger partial charge in [0, 0.05) is 19.0 Å². The Morgan fingerprint density at radius 3 is 2.10 bits per heavy atom. The van der Waals surface area contributed by atoms with Gasteiger partial charge in [0.05, 0.1) is 18.8 Å². The molecule has 0 fully saturated rings. The van der Waals surface area contributed by atoms with Crippen LogP contribution in [0, 0.1) is 5.92 Å². The fourth-order valence-electron chi connectivity index (χ4n) is 4.32. The minimum Gasteiger partial charge on any atom is -0.481 e. The highest BCUT2D eigenvalue weighted by Gasteiger charge is 2.28. The van der Waals surface area contributed by atoms with E-state index >= 15 is 0 Å². The van der Waals surface area contributed by atoms with Crippen LogP contribution in [0.15, 0.2) is 11.2 Å². The number of hydrogen-bond acceptors (Lipinski definition) is 11. The van der Waals surface area contributed by atoms with Gasteiger partial charge in [0.2, 0.25) is 23.6 Å². The summed E-state index contributed by atoms with van der Waals surface area (Å²) >= 11 is 1.53. The molecule has 5 amide bonds. The number of nitrogens with two attached hydrogens (primary N) is 4. The normalized spacial score (nSPS) is 14.1. The Morgan fingerprint density at radius 1 is 0.917 bits per heavy atom. The van der Waals surface area contributed by atoms with Crippen molar-refractivity contribution in [3.05, 3.63) is 11.9 Å². The lowest BCUT2D eigenvalue weighted by molar-refractivity contribution is -0.138. The minimum absolute atomic E-state index is 0.0568. The molecule has 5 atom stereocenters. The maximum absolute atomic E-state index is 13.2. The fraction of sp³-hybridized carbons (Fsp3) is 0.679. The van der Waals surface area contributed by atoms with E-state index in [4.69, 9.17) is 28.0 Å². The third kappa shape index (κ3) is 16.4. The lowest BCUT2D eigenvalue weighted by atomic mass is 10.0. The molecule has 19 nitrogen and oxygen atoms in total. The maximum Gasteiger partial charge on any atom is 0.303 e. The Bertz CT molecular complexity index is 1270. The Labute approximate surface area is 283 Å². The number of nitrogens with zero attached hydrogens (tertiary/aromatic N) is 4. The van der Waals surface area contributed by atoms with Gasteiger partial charge in [0.1, 0.15) is 18.1 Å². The SMILES string of the molecule is CSCC[C@@H](Cn1cc(C(=O)N[C@@H](CCCN=C(N)N)C(=O)N[C@@H](CC(C)C)C(N)=O)nn1)NC(=O)[C@H](CCC(=O)O)NC(=O)[C@H](C)N. The molecule has 0 radical (unpaired) electrons. The number of carboxylic acid groups (broad SMARTS) is 1. The standard InChI is InChI=1S/C28H50N12O7S/c1-15(2)12-20(23(30)43)37-26(46)18(6-5-10-33-28(31)32)36-27(47)21-14-40(39-38-21)13-17(9-11-48-4)34-25(45)19(7-8-22(41)42)35-24(44)16(3)29/h14-20H,5-13,29H2,1-4H3,(H2,30,43)(H,34,45)(H,35,44)(H,36,47)(H,37,46)(H,41,42)(H4,31,32,33)/t16-,17-,18-,19-,20-/m0/s1. The predicted octanol–water partition coefficient (Wildman–Crippen LogP) is -2.62. The molecular formula is C28H50N12O7S. The Balaban J connectivity index is 3.10. The first-order valence-corrected chi connectivity index (χ1v) is 16.9. The highest BCUT2D eigenvalue weighted by molar-refractivity contribution is 7.98. The molecule has 0 spiro atoms. The summed E-state index contributed by atoms with van der Waals surface area (Å²) in [4.78, 5) is 78.6. The average molecular weight is 699 g/mol. The van der Waals surface area contributed by atoms with Crippen LogP contribution >= 0.6 is 11.8 Å². The van der Waals surface area contributed by atoms with E-state index in [1.54, 1.807) is 0 Å². The van der Waals surface area contributed by atoms with Gasteiger partial charge >= 0.3 is 5.97 Å². The molecule has 0 aromatic carbocycles. The molecule has 270 valence electrons. The van der Waals surface area contributed by atoms with Crippen LogP contribution in [0.3, 0.4) is 0 Å². The van der Waals surface area contributed by atoms with E-state index in [2.05, 4.69) is 36.6 Å². The first-order chi connectivity index (χ1) is 22.5. The quantitative estimate of drug-likeness (QED) is 0.0322. The van der Waals surface area contributed by atoms with Crippen molar-refractivity contribution in [1.82, 2.24) is 36.3 Å². The Morgan fingerprint density at radius 2 is 1.54 bits per heavy atom. The summed E-state index contributed by atoms with van der Waals surface area (Å²) in [7, 11) is 0. The molecule has 48 heavy (non-hydrogen) atoms. The lowest BCUT2D eigenvalue weighted by Crippen LogP contribution is -2.53. The van der Waals surface area contributed by atoms with E-state index in [9.17, 15) is 28.8 Å². The summed E-state index contributed by atoms with van der Waals surface area (Å²) in [6.45, 7) is 5.45. The molecule has 0 saturated heterocycles. The van der Waals surface area contributed by atoms with Crippen LogP contribution in [0.2, 0.25) is 0 Å². The third-order valence-corrected chi connectivity index (χ3v) is 7.47. The van der Waals surface area contributed by atoms with Crippen LogP contribution in [0.4, 0.5) is 0 Å². The predicted molar refractivity (Wildman–Crippen MR) is 179 cm³/mol. The van der Waals surface area contributed by atoms with E-state index in [1.165, 1.54) is 29.6 Å². The maximum atomic E-state index is 13.2. The van der Waals surface area contributed by atoms with Crippen molar-refractivity contribution in [2.75, 3.05) is 18.6 Å². The summed E-state index contributed by atoms with van der Waals surface area (Å²) in [5, 5.41) is 27.5. The number of carbonyl (C=O) groups is 6. The molecule has 13 N–H and O–H groups in total. The van der Waals surface area contributed by atoms with Gasteiger partial charge in [-0.25, -0.2) is 4.68 Å². The monoisotopic (exact) mass is 698 g/mol. The second kappa shape index (κ2) is 21.4. The van der Waals surface area contributed by atoms with Crippen molar-refractivity contribution in [3.63, 3.8) is 0 Å². The van der Waals surface area contributed by atoms with Crippen LogP contribution in [-0.4, -0.2) is 110 Å². The minimum atomic E-state index is -1.14. The highest BCUT2D eigenvalue weighted by atomic mass is 32.2.